The number of aryl methyl sites for hydroxylation is 1. The number of halogens is 1. The Bertz CT molecular complexity index is 601. The van der Waals surface area contributed by atoms with Crippen LogP contribution in [0.1, 0.15) is 12.5 Å². The van der Waals surface area contributed by atoms with Crippen molar-refractivity contribution in [3.8, 4) is 0 Å². The fraction of sp³-hybridized carbons (Fsp3) is 0.188. The van der Waals surface area contributed by atoms with Crippen LogP contribution in [0.15, 0.2) is 53.4 Å². The van der Waals surface area contributed by atoms with Crippen molar-refractivity contribution >= 4 is 23.4 Å². The molecule has 0 bridgehead atoms. The van der Waals surface area contributed by atoms with Crippen LogP contribution in [-0.2, 0) is 4.79 Å². The molecule has 1 unspecified atom stereocenters. The summed E-state index contributed by atoms with van der Waals surface area (Å²) in [7, 11) is 0. The molecule has 0 spiro atoms. The highest BCUT2D eigenvalue weighted by atomic mass is 32.2. The quantitative estimate of drug-likeness (QED) is 0.852. The van der Waals surface area contributed by atoms with Gasteiger partial charge in [0.25, 0.3) is 0 Å². The molecule has 0 aliphatic heterocycles. The third-order valence-electron chi connectivity index (χ3n) is 2.81. The number of carbonyl (C=O) groups is 1. The van der Waals surface area contributed by atoms with E-state index < -0.39 is 5.82 Å². The summed E-state index contributed by atoms with van der Waals surface area (Å²) in [5.41, 5.74) is 1.14. The van der Waals surface area contributed by atoms with Gasteiger partial charge >= 0.3 is 0 Å². The molecule has 0 radical (unpaired) electrons. The Hall–Kier alpha value is -1.81. The monoisotopic (exact) mass is 289 g/mol. The molecule has 2 nitrogen and oxygen atoms in total. The predicted octanol–water partition coefficient (Wildman–Crippen LogP) is 4.25. The van der Waals surface area contributed by atoms with Gasteiger partial charge in [0.15, 0.2) is 0 Å². The smallest absolute Gasteiger partial charge is 0.237 e. The molecule has 0 aliphatic rings. The van der Waals surface area contributed by atoms with Gasteiger partial charge in [0.1, 0.15) is 5.82 Å². The molecule has 0 saturated heterocycles. The minimum Gasteiger partial charge on any atom is -0.323 e. The normalized spacial score (nSPS) is 11.9. The number of anilines is 1. The highest BCUT2D eigenvalue weighted by Gasteiger charge is 2.16. The number of hydrogen-bond donors (Lipinski definition) is 1. The van der Waals surface area contributed by atoms with Crippen molar-refractivity contribution in [2.24, 2.45) is 0 Å². The number of carbonyl (C=O) groups excluding carboxylic acids is 1. The van der Waals surface area contributed by atoms with Crippen molar-refractivity contribution in [1.82, 2.24) is 0 Å². The maximum Gasteiger partial charge on any atom is 0.237 e. The summed E-state index contributed by atoms with van der Waals surface area (Å²) in [4.78, 5) is 13.1. The van der Waals surface area contributed by atoms with Crippen molar-refractivity contribution in [1.29, 1.82) is 0 Å². The van der Waals surface area contributed by atoms with Gasteiger partial charge in [0.2, 0.25) is 5.91 Å². The standard InChI is InChI=1S/C16H16FNOS/c1-11-8-9-14(17)15(10-11)18-16(19)12(2)20-13-6-4-3-5-7-13/h3-10,12H,1-2H3,(H,18,19). The SMILES string of the molecule is Cc1ccc(F)c(NC(=O)C(C)Sc2ccccc2)c1. The number of amides is 1. The van der Waals surface area contributed by atoms with Crippen molar-refractivity contribution in [2.45, 2.75) is 24.0 Å². The molecule has 0 saturated carbocycles. The van der Waals surface area contributed by atoms with Crippen molar-refractivity contribution in [3.05, 3.63) is 59.9 Å². The van der Waals surface area contributed by atoms with Gasteiger partial charge in [-0.25, -0.2) is 4.39 Å². The highest BCUT2D eigenvalue weighted by molar-refractivity contribution is 8.00. The van der Waals surface area contributed by atoms with Crippen LogP contribution in [0.4, 0.5) is 10.1 Å². The Morgan fingerprint density at radius 2 is 1.90 bits per heavy atom. The largest absolute Gasteiger partial charge is 0.323 e. The summed E-state index contributed by atoms with van der Waals surface area (Å²) in [6.45, 7) is 3.66. The number of hydrogen-bond acceptors (Lipinski definition) is 2. The van der Waals surface area contributed by atoms with Gasteiger partial charge < -0.3 is 5.32 Å². The molecule has 1 amide bonds. The number of thioether (sulfide) groups is 1. The molecule has 20 heavy (non-hydrogen) atoms. The third kappa shape index (κ3) is 3.84. The second-order valence-corrected chi connectivity index (χ2v) is 5.96. The number of nitrogens with one attached hydrogen (secondary N) is 1. The topological polar surface area (TPSA) is 29.1 Å². The summed E-state index contributed by atoms with van der Waals surface area (Å²) < 4.78 is 13.6. The van der Waals surface area contributed by atoms with Crippen LogP contribution >= 0.6 is 11.8 Å². The van der Waals surface area contributed by atoms with Gasteiger partial charge in [-0.05, 0) is 43.7 Å². The van der Waals surface area contributed by atoms with Crippen LogP contribution in [0.2, 0.25) is 0 Å². The lowest BCUT2D eigenvalue weighted by molar-refractivity contribution is -0.115. The van der Waals surface area contributed by atoms with Gasteiger partial charge in [-0.15, -0.1) is 11.8 Å². The maximum atomic E-state index is 13.6. The van der Waals surface area contributed by atoms with Gasteiger partial charge in [-0.3, -0.25) is 4.79 Å². The lowest BCUT2D eigenvalue weighted by Gasteiger charge is -2.13. The van der Waals surface area contributed by atoms with Crippen LogP contribution in [-0.4, -0.2) is 11.2 Å². The second kappa shape index (κ2) is 6.57. The summed E-state index contributed by atoms with van der Waals surface area (Å²) in [6, 6.07) is 14.3. The molecule has 4 heteroatoms. The van der Waals surface area contributed by atoms with E-state index in [1.807, 2.05) is 37.3 Å². The molecule has 0 aromatic heterocycles. The fourth-order valence-electron chi connectivity index (χ4n) is 1.73. The Morgan fingerprint density at radius 1 is 1.20 bits per heavy atom. The number of benzene rings is 2. The minimum absolute atomic E-state index is 0.205. The highest BCUT2D eigenvalue weighted by Crippen LogP contribution is 2.24. The Balaban J connectivity index is 2.02. The Labute approximate surface area is 122 Å². The first-order valence-corrected chi connectivity index (χ1v) is 7.23. The molecule has 2 aromatic rings. The molecule has 104 valence electrons. The molecular weight excluding hydrogens is 273 g/mol. The van der Waals surface area contributed by atoms with Crippen molar-refractivity contribution in [2.75, 3.05) is 5.32 Å². The van der Waals surface area contributed by atoms with E-state index in [1.54, 1.807) is 19.1 Å². The lowest BCUT2D eigenvalue weighted by Crippen LogP contribution is -2.23. The minimum atomic E-state index is -0.416. The summed E-state index contributed by atoms with van der Waals surface area (Å²) in [5.74, 6) is -0.621. The van der Waals surface area contributed by atoms with Crippen molar-refractivity contribution in [3.63, 3.8) is 0 Å². The fourth-order valence-corrected chi connectivity index (χ4v) is 2.61. The first-order valence-electron chi connectivity index (χ1n) is 6.35. The zero-order valence-electron chi connectivity index (χ0n) is 11.4. The van der Waals surface area contributed by atoms with Gasteiger partial charge in [-0.2, -0.15) is 0 Å². The molecule has 0 heterocycles. The van der Waals surface area contributed by atoms with Gasteiger partial charge in [0, 0.05) is 4.90 Å². The van der Waals surface area contributed by atoms with E-state index in [2.05, 4.69) is 5.32 Å². The molecule has 1 atom stereocenters. The maximum absolute atomic E-state index is 13.6. The van der Waals surface area contributed by atoms with E-state index in [-0.39, 0.29) is 16.8 Å². The first kappa shape index (κ1) is 14.6. The molecule has 2 aromatic carbocycles. The van der Waals surface area contributed by atoms with Gasteiger partial charge in [-0.1, -0.05) is 24.3 Å². The van der Waals surface area contributed by atoms with E-state index in [4.69, 9.17) is 0 Å². The first-order chi connectivity index (χ1) is 9.56. The summed E-state index contributed by atoms with van der Waals surface area (Å²) in [5, 5.41) is 2.34. The Morgan fingerprint density at radius 3 is 2.60 bits per heavy atom. The predicted molar refractivity (Wildman–Crippen MR) is 81.5 cm³/mol. The molecule has 1 N–H and O–H groups in total. The van der Waals surface area contributed by atoms with Gasteiger partial charge in [0.05, 0.1) is 10.9 Å². The Kier molecular flexibility index (Phi) is 4.79. The van der Waals surface area contributed by atoms with Crippen LogP contribution in [0.5, 0.6) is 0 Å². The second-order valence-electron chi connectivity index (χ2n) is 4.55. The average Bonchev–Trinajstić information content (AvgIpc) is 2.44. The van der Waals surface area contributed by atoms with E-state index in [1.165, 1.54) is 17.8 Å². The molecule has 2 rings (SSSR count). The van der Waals surface area contributed by atoms with Crippen LogP contribution in [0.25, 0.3) is 0 Å². The number of rotatable bonds is 4. The molecular formula is C16H16FNOS. The zero-order chi connectivity index (χ0) is 14.5. The zero-order valence-corrected chi connectivity index (χ0v) is 12.2. The van der Waals surface area contributed by atoms with Crippen LogP contribution < -0.4 is 5.32 Å². The summed E-state index contributed by atoms with van der Waals surface area (Å²) >= 11 is 1.45. The van der Waals surface area contributed by atoms with E-state index >= 15 is 0 Å². The molecule has 0 fully saturated rings. The van der Waals surface area contributed by atoms with E-state index in [9.17, 15) is 9.18 Å². The molecule has 0 aliphatic carbocycles. The van der Waals surface area contributed by atoms with E-state index in [0.717, 1.165) is 10.5 Å². The van der Waals surface area contributed by atoms with E-state index in [0.29, 0.717) is 0 Å². The third-order valence-corrected chi connectivity index (χ3v) is 3.92. The van der Waals surface area contributed by atoms with Crippen molar-refractivity contribution < 1.29 is 9.18 Å². The van der Waals surface area contributed by atoms with Crippen LogP contribution in [0, 0.1) is 12.7 Å². The average molecular weight is 289 g/mol. The lowest BCUT2D eigenvalue weighted by atomic mass is 10.2. The van der Waals surface area contributed by atoms with Crippen LogP contribution in [0.3, 0.4) is 0 Å². The summed E-state index contributed by atoms with van der Waals surface area (Å²) in [6.07, 6.45) is 0.